The Labute approximate surface area is 93.1 Å². The Kier molecular flexibility index (Phi) is 3.17. The summed E-state index contributed by atoms with van der Waals surface area (Å²) in [7, 11) is 0. The Bertz CT molecular complexity index is 318. The van der Waals surface area contributed by atoms with Gasteiger partial charge in [-0.25, -0.2) is 0 Å². The first-order chi connectivity index (χ1) is 6.74. The van der Waals surface area contributed by atoms with Crippen LogP contribution < -0.4 is 5.32 Å². The molecular formula is C13H23NO. The van der Waals surface area contributed by atoms with Gasteiger partial charge >= 0.3 is 0 Å². The molecule has 0 amide bonds. The minimum absolute atomic E-state index is 0.0797. The summed E-state index contributed by atoms with van der Waals surface area (Å²) >= 11 is 0. The first kappa shape index (κ1) is 12.2. The van der Waals surface area contributed by atoms with E-state index in [1.54, 1.807) is 0 Å². The zero-order valence-corrected chi connectivity index (χ0v) is 10.8. The lowest BCUT2D eigenvalue weighted by molar-refractivity contribution is 0.407. The Hall–Kier alpha value is -0.920. The van der Waals surface area contributed by atoms with Crippen LogP contribution in [0.2, 0.25) is 0 Å². The molecule has 1 aromatic rings. The van der Waals surface area contributed by atoms with Gasteiger partial charge in [-0.1, -0.05) is 27.7 Å². The van der Waals surface area contributed by atoms with Crippen LogP contribution in [0.4, 0.5) is 5.88 Å². The van der Waals surface area contributed by atoms with Crippen molar-refractivity contribution in [3.8, 4) is 0 Å². The van der Waals surface area contributed by atoms with Crippen molar-refractivity contribution in [1.29, 1.82) is 0 Å². The molecule has 0 bridgehead atoms. The molecule has 0 aromatic carbocycles. The molecule has 0 saturated carbocycles. The van der Waals surface area contributed by atoms with Gasteiger partial charge in [-0.05, 0) is 26.3 Å². The van der Waals surface area contributed by atoms with E-state index in [-0.39, 0.29) is 11.0 Å². The van der Waals surface area contributed by atoms with Crippen molar-refractivity contribution in [2.45, 2.75) is 58.9 Å². The fourth-order valence-electron chi connectivity index (χ4n) is 1.23. The van der Waals surface area contributed by atoms with Crippen molar-refractivity contribution in [3.05, 3.63) is 17.9 Å². The first-order valence-corrected chi connectivity index (χ1v) is 5.63. The van der Waals surface area contributed by atoms with Crippen molar-refractivity contribution in [2.24, 2.45) is 0 Å². The topological polar surface area (TPSA) is 25.2 Å². The van der Waals surface area contributed by atoms with Gasteiger partial charge in [0.15, 0.2) is 5.88 Å². The van der Waals surface area contributed by atoms with Crippen LogP contribution in [-0.4, -0.2) is 5.54 Å². The molecule has 15 heavy (non-hydrogen) atoms. The Morgan fingerprint density at radius 2 is 1.73 bits per heavy atom. The second-order valence-electron chi connectivity index (χ2n) is 5.78. The van der Waals surface area contributed by atoms with E-state index >= 15 is 0 Å². The van der Waals surface area contributed by atoms with Crippen molar-refractivity contribution in [3.63, 3.8) is 0 Å². The van der Waals surface area contributed by atoms with Gasteiger partial charge in [-0.2, -0.15) is 0 Å². The summed E-state index contributed by atoms with van der Waals surface area (Å²) in [6, 6.07) is 4.06. The molecule has 2 nitrogen and oxygen atoms in total. The number of furan rings is 1. The molecule has 0 fully saturated rings. The van der Waals surface area contributed by atoms with Gasteiger partial charge in [-0.3, -0.25) is 0 Å². The van der Waals surface area contributed by atoms with Gasteiger partial charge in [0.1, 0.15) is 5.76 Å². The van der Waals surface area contributed by atoms with Gasteiger partial charge < -0.3 is 9.73 Å². The van der Waals surface area contributed by atoms with Crippen LogP contribution in [0.25, 0.3) is 0 Å². The Morgan fingerprint density at radius 1 is 1.13 bits per heavy atom. The maximum Gasteiger partial charge on any atom is 0.193 e. The average Bonchev–Trinajstić information content (AvgIpc) is 2.51. The second kappa shape index (κ2) is 3.92. The highest BCUT2D eigenvalue weighted by Gasteiger charge is 2.20. The number of rotatable bonds is 3. The SMILES string of the molecule is CCC(C)(C)Nc1ccc(C(C)(C)C)o1. The summed E-state index contributed by atoms with van der Waals surface area (Å²) in [5.74, 6) is 1.89. The highest BCUT2D eigenvalue weighted by Crippen LogP contribution is 2.28. The number of nitrogens with one attached hydrogen (secondary N) is 1. The maximum atomic E-state index is 5.77. The molecule has 0 spiro atoms. The molecular weight excluding hydrogens is 186 g/mol. The van der Waals surface area contributed by atoms with Gasteiger partial charge in [-0.15, -0.1) is 0 Å². The lowest BCUT2D eigenvalue weighted by Gasteiger charge is -2.24. The summed E-state index contributed by atoms with van der Waals surface area (Å²) in [4.78, 5) is 0. The van der Waals surface area contributed by atoms with Crippen molar-refractivity contribution in [1.82, 2.24) is 0 Å². The van der Waals surface area contributed by atoms with Crippen LogP contribution in [0.15, 0.2) is 16.5 Å². The molecule has 0 saturated heterocycles. The molecule has 0 radical (unpaired) electrons. The number of hydrogen-bond acceptors (Lipinski definition) is 2. The average molecular weight is 209 g/mol. The van der Waals surface area contributed by atoms with Crippen LogP contribution >= 0.6 is 0 Å². The van der Waals surface area contributed by atoms with Gasteiger partial charge in [0.25, 0.3) is 0 Å². The van der Waals surface area contributed by atoms with E-state index in [9.17, 15) is 0 Å². The van der Waals surface area contributed by atoms with Crippen LogP contribution in [0.1, 0.15) is 53.7 Å². The summed E-state index contributed by atoms with van der Waals surface area (Å²) in [6.07, 6.45) is 1.07. The molecule has 86 valence electrons. The van der Waals surface area contributed by atoms with E-state index in [4.69, 9.17) is 4.42 Å². The third-order valence-corrected chi connectivity index (χ3v) is 2.69. The molecule has 0 aliphatic carbocycles. The lowest BCUT2D eigenvalue weighted by Crippen LogP contribution is -2.29. The standard InChI is InChI=1S/C13H23NO/c1-7-13(5,6)14-11-9-8-10(15-11)12(2,3)4/h8-9,14H,7H2,1-6H3. The predicted octanol–water partition coefficient (Wildman–Crippen LogP) is 4.18. The second-order valence-corrected chi connectivity index (χ2v) is 5.78. The third kappa shape index (κ3) is 3.29. The van der Waals surface area contributed by atoms with Crippen LogP contribution in [0.5, 0.6) is 0 Å². The van der Waals surface area contributed by atoms with E-state index < -0.39 is 0 Å². The molecule has 1 heterocycles. The molecule has 0 aliphatic heterocycles. The minimum atomic E-state index is 0.0797. The summed E-state index contributed by atoms with van der Waals surface area (Å²) < 4.78 is 5.77. The zero-order chi connectivity index (χ0) is 11.7. The summed E-state index contributed by atoms with van der Waals surface area (Å²) in [5, 5.41) is 3.39. The van der Waals surface area contributed by atoms with E-state index in [0.29, 0.717) is 0 Å². The Morgan fingerprint density at radius 3 is 2.13 bits per heavy atom. The molecule has 0 unspecified atom stereocenters. The summed E-state index contributed by atoms with van der Waals surface area (Å²) in [6.45, 7) is 13.0. The molecule has 1 rings (SSSR count). The van der Waals surface area contributed by atoms with E-state index in [0.717, 1.165) is 18.1 Å². The Balaban J connectivity index is 2.78. The van der Waals surface area contributed by atoms with Crippen molar-refractivity contribution in [2.75, 3.05) is 5.32 Å². The molecule has 2 heteroatoms. The smallest absolute Gasteiger partial charge is 0.193 e. The predicted molar refractivity (Wildman–Crippen MR) is 65.4 cm³/mol. The number of hydrogen-bond donors (Lipinski definition) is 1. The summed E-state index contributed by atoms with van der Waals surface area (Å²) in [5.41, 5.74) is 0.170. The van der Waals surface area contributed by atoms with E-state index in [1.165, 1.54) is 0 Å². The monoisotopic (exact) mass is 209 g/mol. The maximum absolute atomic E-state index is 5.77. The zero-order valence-electron chi connectivity index (χ0n) is 10.8. The largest absolute Gasteiger partial charge is 0.445 e. The minimum Gasteiger partial charge on any atom is -0.445 e. The quantitative estimate of drug-likeness (QED) is 0.808. The highest BCUT2D eigenvalue weighted by atomic mass is 16.4. The van der Waals surface area contributed by atoms with Crippen molar-refractivity contribution >= 4 is 5.88 Å². The third-order valence-electron chi connectivity index (χ3n) is 2.69. The van der Waals surface area contributed by atoms with E-state index in [2.05, 4.69) is 46.9 Å². The van der Waals surface area contributed by atoms with Gasteiger partial charge in [0.05, 0.1) is 0 Å². The van der Waals surface area contributed by atoms with Gasteiger partial charge in [0.2, 0.25) is 0 Å². The van der Waals surface area contributed by atoms with Crippen LogP contribution in [-0.2, 0) is 5.41 Å². The molecule has 0 aliphatic rings. The fraction of sp³-hybridized carbons (Fsp3) is 0.692. The highest BCUT2D eigenvalue weighted by molar-refractivity contribution is 5.36. The lowest BCUT2D eigenvalue weighted by atomic mass is 9.94. The molecule has 0 atom stereocenters. The van der Waals surface area contributed by atoms with Crippen LogP contribution in [0.3, 0.4) is 0 Å². The van der Waals surface area contributed by atoms with Crippen LogP contribution in [0, 0.1) is 0 Å². The normalized spacial score (nSPS) is 12.9. The molecule has 1 N–H and O–H groups in total. The first-order valence-electron chi connectivity index (χ1n) is 5.63. The fourth-order valence-corrected chi connectivity index (χ4v) is 1.23. The van der Waals surface area contributed by atoms with Crippen molar-refractivity contribution < 1.29 is 4.42 Å². The van der Waals surface area contributed by atoms with E-state index in [1.807, 2.05) is 12.1 Å². The molecule has 1 aromatic heterocycles. The van der Waals surface area contributed by atoms with Gasteiger partial charge in [0, 0.05) is 17.0 Å². The number of anilines is 1.